The van der Waals surface area contributed by atoms with E-state index in [9.17, 15) is 21.9 Å². The second-order valence-electron chi connectivity index (χ2n) is 11.1. The number of nitrogens with one attached hydrogen (secondary N) is 1. The number of piperidine rings is 1. The molecule has 3 heterocycles. The van der Waals surface area contributed by atoms with Crippen LogP contribution in [0.4, 0.5) is 0 Å². The summed E-state index contributed by atoms with van der Waals surface area (Å²) in [6.07, 6.45) is 2.52. The summed E-state index contributed by atoms with van der Waals surface area (Å²) in [6.45, 7) is 4.75. The van der Waals surface area contributed by atoms with Gasteiger partial charge in [0.15, 0.2) is 9.84 Å². The maximum Gasteiger partial charge on any atom is 0.244 e. The molecular weight excluding hydrogens is 566 g/mol. The van der Waals surface area contributed by atoms with Crippen molar-refractivity contribution in [2.45, 2.75) is 65.9 Å². The number of aliphatic hydroxyl groups excluding tert-OH is 1. The van der Waals surface area contributed by atoms with E-state index in [4.69, 9.17) is 9.47 Å². The summed E-state index contributed by atoms with van der Waals surface area (Å²) in [6, 6.07) is 15.4. The van der Waals surface area contributed by atoms with Crippen molar-refractivity contribution in [3.05, 3.63) is 60.8 Å². The van der Waals surface area contributed by atoms with Gasteiger partial charge in [-0.3, -0.25) is 4.98 Å². The number of rotatable bonds is 10. The van der Waals surface area contributed by atoms with Crippen LogP contribution in [0, 0.1) is 0 Å². The normalized spacial score (nSPS) is 20.5. The van der Waals surface area contributed by atoms with E-state index in [1.54, 1.807) is 32.0 Å². The Labute approximate surface area is 241 Å². The Balaban J connectivity index is 1.09. The Bertz CT molecular complexity index is 1590. The first-order valence-corrected chi connectivity index (χ1v) is 16.8. The summed E-state index contributed by atoms with van der Waals surface area (Å²) < 4.78 is 64.8. The van der Waals surface area contributed by atoms with E-state index >= 15 is 0 Å². The number of benzene rings is 2. The van der Waals surface area contributed by atoms with Gasteiger partial charge in [0, 0.05) is 37.3 Å². The molecule has 2 saturated heterocycles. The summed E-state index contributed by atoms with van der Waals surface area (Å²) >= 11 is 0. The van der Waals surface area contributed by atoms with Crippen molar-refractivity contribution < 1.29 is 31.4 Å². The van der Waals surface area contributed by atoms with Gasteiger partial charge in [0.05, 0.1) is 27.9 Å². The molecule has 1 spiro atoms. The zero-order chi connectivity index (χ0) is 29.3. The van der Waals surface area contributed by atoms with Gasteiger partial charge in [-0.15, -0.1) is 0 Å². The zero-order valence-corrected chi connectivity index (χ0v) is 24.9. The molecule has 10 nitrogen and oxygen atoms in total. The number of aliphatic hydroxyl groups is 1. The zero-order valence-electron chi connectivity index (χ0n) is 23.3. The number of ether oxygens (including phenoxy) is 2. The van der Waals surface area contributed by atoms with Crippen molar-refractivity contribution in [2.75, 3.05) is 32.8 Å². The maximum atomic E-state index is 13.3. The van der Waals surface area contributed by atoms with E-state index in [0.29, 0.717) is 38.3 Å². The fourth-order valence-electron chi connectivity index (χ4n) is 5.37. The van der Waals surface area contributed by atoms with Crippen molar-refractivity contribution >= 4 is 30.8 Å². The standard InChI is InChI=1S/C29H37N3O7S2/c1-21(2)40(34,35)26-8-5-7-25(15-26)38-20-24(33)17-30-23-16-29(39-19-23)10-12-32(13-11-29)41(36,37)27-14-22-6-3-4-9-28(22)31-18-27/h3-9,14-15,18,21,23-24,30,33H,10-13,16-17,19-20H2,1-2H3. The van der Waals surface area contributed by atoms with Gasteiger partial charge in [-0.05, 0) is 63.4 Å². The topological polar surface area (TPSA) is 135 Å². The van der Waals surface area contributed by atoms with Gasteiger partial charge in [0.1, 0.15) is 23.4 Å². The second-order valence-corrected chi connectivity index (χ2v) is 15.5. The first-order valence-electron chi connectivity index (χ1n) is 13.9. The van der Waals surface area contributed by atoms with E-state index in [1.165, 1.54) is 22.6 Å². The molecule has 1 aromatic heterocycles. The largest absolute Gasteiger partial charge is 0.491 e. The number of hydrogen-bond acceptors (Lipinski definition) is 9. The van der Waals surface area contributed by atoms with Crippen molar-refractivity contribution in [1.29, 1.82) is 0 Å². The molecule has 5 rings (SSSR count). The molecule has 2 aromatic carbocycles. The number of hydrogen-bond donors (Lipinski definition) is 2. The quantitative estimate of drug-likeness (QED) is 0.359. The lowest BCUT2D eigenvalue weighted by molar-refractivity contribution is -0.0312. The van der Waals surface area contributed by atoms with Gasteiger partial charge in [0.25, 0.3) is 0 Å². The molecule has 2 unspecified atom stereocenters. The van der Waals surface area contributed by atoms with Gasteiger partial charge < -0.3 is 19.9 Å². The van der Waals surface area contributed by atoms with Crippen molar-refractivity contribution in [3.8, 4) is 5.75 Å². The average molecular weight is 604 g/mol. The first-order chi connectivity index (χ1) is 19.5. The molecular formula is C29H37N3O7S2. The van der Waals surface area contributed by atoms with Gasteiger partial charge in [-0.25, -0.2) is 16.8 Å². The van der Waals surface area contributed by atoms with Gasteiger partial charge in [0.2, 0.25) is 10.0 Å². The lowest BCUT2D eigenvalue weighted by Crippen LogP contribution is -2.47. The summed E-state index contributed by atoms with van der Waals surface area (Å²) in [5.41, 5.74) is 0.361. The summed E-state index contributed by atoms with van der Waals surface area (Å²) in [5, 5.41) is 14.0. The Morgan fingerprint density at radius 2 is 1.83 bits per heavy atom. The molecule has 0 bridgehead atoms. The number of aromatic nitrogens is 1. The fraction of sp³-hybridized carbons (Fsp3) is 0.483. The number of fused-ring (bicyclic) bond motifs is 1. The van der Waals surface area contributed by atoms with Crippen molar-refractivity contribution in [2.24, 2.45) is 0 Å². The minimum Gasteiger partial charge on any atom is -0.491 e. The Kier molecular flexibility index (Phi) is 8.70. The fourth-order valence-corrected chi connectivity index (χ4v) is 7.88. The van der Waals surface area contributed by atoms with Gasteiger partial charge in [-0.1, -0.05) is 24.3 Å². The third kappa shape index (κ3) is 6.58. The summed E-state index contributed by atoms with van der Waals surface area (Å²) in [5.74, 6) is 0.384. The van der Waals surface area contributed by atoms with E-state index in [-0.39, 0.29) is 29.0 Å². The number of sulfone groups is 1. The van der Waals surface area contributed by atoms with Crippen LogP contribution in [0.1, 0.15) is 33.1 Å². The highest BCUT2D eigenvalue weighted by atomic mass is 32.2. The molecule has 2 N–H and O–H groups in total. The molecule has 12 heteroatoms. The number of pyridine rings is 1. The molecule has 2 fully saturated rings. The Hall–Kier alpha value is -2.61. The van der Waals surface area contributed by atoms with Crippen LogP contribution in [0.25, 0.3) is 10.9 Å². The van der Waals surface area contributed by atoms with Crippen LogP contribution in [0.15, 0.2) is 70.6 Å². The molecule has 2 atom stereocenters. The molecule has 0 saturated carbocycles. The molecule has 41 heavy (non-hydrogen) atoms. The van der Waals surface area contributed by atoms with E-state index < -0.39 is 36.8 Å². The number of sulfonamides is 1. The predicted octanol–water partition coefficient (Wildman–Crippen LogP) is 2.76. The van der Waals surface area contributed by atoms with E-state index in [1.807, 2.05) is 24.3 Å². The smallest absolute Gasteiger partial charge is 0.244 e. The molecule has 0 aliphatic carbocycles. The third-order valence-electron chi connectivity index (χ3n) is 7.89. The summed E-state index contributed by atoms with van der Waals surface area (Å²) in [4.78, 5) is 4.71. The average Bonchev–Trinajstić information content (AvgIpc) is 3.37. The third-order valence-corrected chi connectivity index (χ3v) is 11.9. The lowest BCUT2D eigenvalue weighted by atomic mass is 9.88. The molecule has 0 amide bonds. The highest BCUT2D eigenvalue weighted by Crippen LogP contribution is 2.37. The number of nitrogens with zero attached hydrogens (tertiary/aromatic N) is 2. The molecule has 2 aliphatic rings. The Morgan fingerprint density at radius 3 is 2.59 bits per heavy atom. The summed E-state index contributed by atoms with van der Waals surface area (Å²) in [7, 11) is -7.07. The van der Waals surface area contributed by atoms with E-state index in [2.05, 4.69) is 10.3 Å². The van der Waals surface area contributed by atoms with Crippen LogP contribution in [-0.2, 0) is 24.6 Å². The van der Waals surface area contributed by atoms with Gasteiger partial charge >= 0.3 is 0 Å². The van der Waals surface area contributed by atoms with Crippen molar-refractivity contribution in [1.82, 2.24) is 14.6 Å². The minimum absolute atomic E-state index is 0.00729. The number of para-hydroxylation sites is 1. The first kappa shape index (κ1) is 29.9. The highest BCUT2D eigenvalue weighted by molar-refractivity contribution is 7.92. The van der Waals surface area contributed by atoms with E-state index in [0.717, 1.165) is 17.3 Å². The molecule has 222 valence electrons. The molecule has 3 aromatic rings. The predicted molar refractivity (Wildman–Crippen MR) is 155 cm³/mol. The van der Waals surface area contributed by atoms with Crippen molar-refractivity contribution in [3.63, 3.8) is 0 Å². The molecule has 0 radical (unpaired) electrons. The SMILES string of the molecule is CC(C)S(=O)(=O)c1cccc(OCC(O)CNC2COC3(CCN(S(=O)(=O)c4cnc5ccccc5c4)CC3)C2)c1. The Morgan fingerprint density at radius 1 is 1.07 bits per heavy atom. The minimum atomic E-state index is -3.66. The van der Waals surface area contributed by atoms with Crippen LogP contribution < -0.4 is 10.1 Å². The monoisotopic (exact) mass is 603 g/mol. The molecule has 2 aliphatic heterocycles. The second kappa shape index (κ2) is 11.9. The van der Waals surface area contributed by atoms with Crippen LogP contribution in [-0.4, -0.2) is 87.1 Å². The van der Waals surface area contributed by atoms with Crippen LogP contribution >= 0.6 is 0 Å². The lowest BCUT2D eigenvalue weighted by Gasteiger charge is -2.38. The van der Waals surface area contributed by atoms with Crippen LogP contribution in [0.2, 0.25) is 0 Å². The van der Waals surface area contributed by atoms with Gasteiger partial charge in [-0.2, -0.15) is 4.31 Å². The van der Waals surface area contributed by atoms with Crippen LogP contribution in [0.5, 0.6) is 5.75 Å². The maximum absolute atomic E-state index is 13.3. The van der Waals surface area contributed by atoms with Crippen LogP contribution in [0.3, 0.4) is 0 Å². The highest BCUT2D eigenvalue weighted by Gasteiger charge is 2.44.